The Morgan fingerprint density at radius 2 is 1.74 bits per heavy atom. The summed E-state index contributed by atoms with van der Waals surface area (Å²) in [5, 5.41) is 3.51. The lowest BCUT2D eigenvalue weighted by atomic mass is 9.85. The number of benzene rings is 1. The molecule has 0 amide bonds. The van der Waals surface area contributed by atoms with Gasteiger partial charge in [-0.25, -0.2) is 0 Å². The minimum Gasteiger partial charge on any atom is -0.330 e. The molecule has 0 aromatic heterocycles. The van der Waals surface area contributed by atoms with E-state index in [9.17, 15) is 0 Å². The van der Waals surface area contributed by atoms with Crippen LogP contribution >= 0.6 is 0 Å². The van der Waals surface area contributed by atoms with Gasteiger partial charge in [-0.3, -0.25) is 0 Å². The van der Waals surface area contributed by atoms with Crippen molar-refractivity contribution in [2.24, 2.45) is 11.1 Å². The van der Waals surface area contributed by atoms with Gasteiger partial charge in [0.15, 0.2) is 0 Å². The fraction of sp³-hybridized carbons (Fsp3) is 0.647. The topological polar surface area (TPSA) is 38.0 Å². The van der Waals surface area contributed by atoms with Crippen LogP contribution in [0.1, 0.15) is 51.3 Å². The van der Waals surface area contributed by atoms with E-state index in [0.29, 0.717) is 6.54 Å². The van der Waals surface area contributed by atoms with Crippen molar-refractivity contribution in [2.45, 2.75) is 53.5 Å². The van der Waals surface area contributed by atoms with Crippen LogP contribution in [0.5, 0.6) is 0 Å². The van der Waals surface area contributed by atoms with Crippen molar-refractivity contribution in [3.05, 3.63) is 34.9 Å². The Labute approximate surface area is 118 Å². The molecule has 0 aliphatic heterocycles. The first-order valence-electron chi connectivity index (χ1n) is 7.16. The standard InChI is InChI=1S/C17H30N2/c1-13-9-15(16(2,3)4)8-7-14(13)10-19-12-17(5,6)11-18/h7-9,19H,10-12,18H2,1-6H3. The molecule has 1 rings (SSSR count). The molecule has 0 saturated heterocycles. The molecule has 2 heteroatoms. The maximum atomic E-state index is 5.74. The first kappa shape index (κ1) is 16.2. The lowest BCUT2D eigenvalue weighted by molar-refractivity contribution is 0.351. The van der Waals surface area contributed by atoms with Crippen LogP contribution in [0, 0.1) is 12.3 Å². The first-order chi connectivity index (χ1) is 8.65. The average Bonchev–Trinajstić information content (AvgIpc) is 2.30. The predicted molar refractivity (Wildman–Crippen MR) is 84.4 cm³/mol. The highest BCUT2D eigenvalue weighted by molar-refractivity contribution is 5.34. The van der Waals surface area contributed by atoms with Crippen LogP contribution in [0.2, 0.25) is 0 Å². The monoisotopic (exact) mass is 262 g/mol. The lowest BCUT2D eigenvalue weighted by Gasteiger charge is -2.24. The summed E-state index contributed by atoms with van der Waals surface area (Å²) in [5.74, 6) is 0. The van der Waals surface area contributed by atoms with E-state index in [2.05, 4.69) is 65.1 Å². The molecule has 2 nitrogen and oxygen atoms in total. The van der Waals surface area contributed by atoms with Crippen LogP contribution < -0.4 is 11.1 Å². The molecule has 0 aliphatic carbocycles. The van der Waals surface area contributed by atoms with Gasteiger partial charge in [-0.2, -0.15) is 0 Å². The largest absolute Gasteiger partial charge is 0.330 e. The SMILES string of the molecule is Cc1cc(C(C)(C)C)ccc1CNCC(C)(C)CN. The zero-order chi connectivity index (χ0) is 14.7. The number of nitrogens with one attached hydrogen (secondary N) is 1. The van der Waals surface area contributed by atoms with E-state index >= 15 is 0 Å². The highest BCUT2D eigenvalue weighted by Crippen LogP contribution is 2.24. The van der Waals surface area contributed by atoms with E-state index < -0.39 is 0 Å². The zero-order valence-electron chi connectivity index (χ0n) is 13.4. The van der Waals surface area contributed by atoms with Crippen molar-refractivity contribution in [2.75, 3.05) is 13.1 Å². The maximum Gasteiger partial charge on any atom is 0.0208 e. The lowest BCUT2D eigenvalue weighted by Crippen LogP contribution is -2.35. The molecule has 1 aromatic carbocycles. The Morgan fingerprint density at radius 3 is 2.21 bits per heavy atom. The summed E-state index contributed by atoms with van der Waals surface area (Å²) in [6.45, 7) is 15.9. The minimum absolute atomic E-state index is 0.166. The van der Waals surface area contributed by atoms with E-state index in [1.807, 2.05) is 0 Å². The van der Waals surface area contributed by atoms with Crippen molar-refractivity contribution in [3.63, 3.8) is 0 Å². The molecule has 0 heterocycles. The first-order valence-corrected chi connectivity index (χ1v) is 7.16. The summed E-state index contributed by atoms with van der Waals surface area (Å²) in [6, 6.07) is 6.81. The quantitative estimate of drug-likeness (QED) is 0.854. The van der Waals surface area contributed by atoms with Crippen molar-refractivity contribution in [1.82, 2.24) is 5.32 Å². The molecule has 0 bridgehead atoms. The minimum atomic E-state index is 0.166. The average molecular weight is 262 g/mol. The van der Waals surface area contributed by atoms with Gasteiger partial charge in [0.2, 0.25) is 0 Å². The summed E-state index contributed by atoms with van der Waals surface area (Å²) >= 11 is 0. The fourth-order valence-corrected chi connectivity index (χ4v) is 1.97. The van der Waals surface area contributed by atoms with E-state index in [0.717, 1.165) is 13.1 Å². The second-order valence-corrected chi connectivity index (χ2v) is 7.36. The molecule has 1 aromatic rings. The third-order valence-corrected chi connectivity index (χ3v) is 3.68. The summed E-state index contributed by atoms with van der Waals surface area (Å²) in [4.78, 5) is 0. The summed E-state index contributed by atoms with van der Waals surface area (Å²) in [5.41, 5.74) is 10.3. The highest BCUT2D eigenvalue weighted by Gasteiger charge is 2.16. The third-order valence-electron chi connectivity index (χ3n) is 3.68. The summed E-state index contributed by atoms with van der Waals surface area (Å²) in [6.07, 6.45) is 0. The van der Waals surface area contributed by atoms with E-state index in [1.165, 1.54) is 16.7 Å². The van der Waals surface area contributed by atoms with Crippen LogP contribution in [0.4, 0.5) is 0 Å². The van der Waals surface area contributed by atoms with Gasteiger partial charge in [0.05, 0.1) is 0 Å². The number of rotatable bonds is 5. The molecule has 0 atom stereocenters. The molecular weight excluding hydrogens is 232 g/mol. The van der Waals surface area contributed by atoms with Crippen LogP contribution in [0.15, 0.2) is 18.2 Å². The van der Waals surface area contributed by atoms with E-state index in [1.54, 1.807) is 0 Å². The van der Waals surface area contributed by atoms with Gasteiger partial charge in [0.25, 0.3) is 0 Å². The predicted octanol–water partition coefficient (Wildman–Crippen LogP) is 3.37. The Balaban J connectivity index is 2.66. The van der Waals surface area contributed by atoms with Gasteiger partial charge in [0, 0.05) is 13.1 Å². The van der Waals surface area contributed by atoms with Crippen molar-refractivity contribution < 1.29 is 0 Å². The molecule has 0 radical (unpaired) electrons. The summed E-state index contributed by atoms with van der Waals surface area (Å²) < 4.78 is 0. The molecule has 108 valence electrons. The van der Waals surface area contributed by atoms with Crippen LogP contribution in [-0.2, 0) is 12.0 Å². The Kier molecular flexibility index (Phi) is 5.17. The zero-order valence-corrected chi connectivity index (χ0v) is 13.4. The normalized spacial score (nSPS) is 12.8. The smallest absolute Gasteiger partial charge is 0.0208 e. The van der Waals surface area contributed by atoms with Crippen molar-refractivity contribution in [3.8, 4) is 0 Å². The Hall–Kier alpha value is -0.860. The number of nitrogens with two attached hydrogens (primary N) is 1. The second-order valence-electron chi connectivity index (χ2n) is 7.36. The molecule has 0 aliphatic rings. The fourth-order valence-electron chi connectivity index (χ4n) is 1.97. The molecule has 0 saturated carbocycles. The third kappa shape index (κ3) is 4.96. The van der Waals surface area contributed by atoms with Gasteiger partial charge in [0.1, 0.15) is 0 Å². The molecule has 0 spiro atoms. The second kappa shape index (κ2) is 6.06. The van der Waals surface area contributed by atoms with Crippen LogP contribution in [0.25, 0.3) is 0 Å². The van der Waals surface area contributed by atoms with Crippen molar-refractivity contribution in [1.29, 1.82) is 0 Å². The van der Waals surface area contributed by atoms with Gasteiger partial charge >= 0.3 is 0 Å². The molecule has 0 unspecified atom stereocenters. The Morgan fingerprint density at radius 1 is 1.11 bits per heavy atom. The maximum absolute atomic E-state index is 5.74. The molecule has 3 N–H and O–H groups in total. The van der Waals surface area contributed by atoms with E-state index in [-0.39, 0.29) is 10.8 Å². The molecule has 19 heavy (non-hydrogen) atoms. The van der Waals surface area contributed by atoms with Gasteiger partial charge in [-0.1, -0.05) is 52.8 Å². The molecular formula is C17H30N2. The number of aryl methyl sites for hydroxylation is 1. The van der Waals surface area contributed by atoms with E-state index in [4.69, 9.17) is 5.73 Å². The van der Waals surface area contributed by atoms with Gasteiger partial charge < -0.3 is 11.1 Å². The highest BCUT2D eigenvalue weighted by atomic mass is 14.9. The van der Waals surface area contributed by atoms with Crippen LogP contribution in [-0.4, -0.2) is 13.1 Å². The molecule has 0 fully saturated rings. The van der Waals surface area contributed by atoms with Crippen LogP contribution in [0.3, 0.4) is 0 Å². The number of hydrogen-bond donors (Lipinski definition) is 2. The summed E-state index contributed by atoms with van der Waals surface area (Å²) in [7, 11) is 0. The van der Waals surface area contributed by atoms with Gasteiger partial charge in [-0.15, -0.1) is 0 Å². The van der Waals surface area contributed by atoms with Crippen molar-refractivity contribution >= 4 is 0 Å². The Bertz CT molecular complexity index is 414. The van der Waals surface area contributed by atoms with Gasteiger partial charge in [-0.05, 0) is 41.0 Å². The number of hydrogen-bond acceptors (Lipinski definition) is 2.